The van der Waals surface area contributed by atoms with Crippen LogP contribution in [0.2, 0.25) is 0 Å². The summed E-state index contributed by atoms with van der Waals surface area (Å²) in [4.78, 5) is 18.9. The van der Waals surface area contributed by atoms with Crippen LogP contribution < -0.4 is 4.74 Å². The topological polar surface area (TPSA) is 73.1 Å². The average Bonchev–Trinajstić information content (AvgIpc) is 3.02. The van der Waals surface area contributed by atoms with Gasteiger partial charge in [0.05, 0.1) is 18.6 Å². The molecule has 1 fully saturated rings. The zero-order chi connectivity index (χ0) is 20.8. The lowest BCUT2D eigenvalue weighted by Gasteiger charge is -2.20. The summed E-state index contributed by atoms with van der Waals surface area (Å²) in [6, 6.07) is 11.5. The molecular formula is C22H25N5O2S. The van der Waals surface area contributed by atoms with Crippen molar-refractivity contribution in [1.82, 2.24) is 24.6 Å². The summed E-state index contributed by atoms with van der Waals surface area (Å²) < 4.78 is 7.53. The van der Waals surface area contributed by atoms with E-state index in [0.29, 0.717) is 22.5 Å². The molecule has 2 aromatic heterocycles. The summed E-state index contributed by atoms with van der Waals surface area (Å²) in [6.07, 6.45) is 8.03. The molecule has 1 aliphatic heterocycles. The smallest absolute Gasteiger partial charge is 0.233 e. The Morgan fingerprint density at radius 2 is 1.77 bits per heavy atom. The van der Waals surface area contributed by atoms with E-state index < -0.39 is 0 Å². The molecule has 8 heteroatoms. The highest BCUT2D eigenvalue weighted by molar-refractivity contribution is 7.99. The van der Waals surface area contributed by atoms with Crippen molar-refractivity contribution in [3.63, 3.8) is 0 Å². The fraction of sp³-hybridized carbons (Fsp3) is 0.364. The molecule has 30 heavy (non-hydrogen) atoms. The Bertz CT molecular complexity index is 984. The van der Waals surface area contributed by atoms with Gasteiger partial charge in [0.25, 0.3) is 0 Å². The average molecular weight is 424 g/mol. The van der Waals surface area contributed by atoms with E-state index in [1.807, 2.05) is 45.9 Å². The van der Waals surface area contributed by atoms with Gasteiger partial charge < -0.3 is 9.64 Å². The summed E-state index contributed by atoms with van der Waals surface area (Å²) in [7, 11) is 1.64. The molecule has 1 amide bonds. The molecule has 0 N–H and O–H groups in total. The highest BCUT2D eigenvalue weighted by atomic mass is 32.2. The van der Waals surface area contributed by atoms with Gasteiger partial charge in [-0.15, -0.1) is 10.2 Å². The Morgan fingerprint density at radius 3 is 2.50 bits per heavy atom. The Morgan fingerprint density at radius 1 is 1.03 bits per heavy atom. The summed E-state index contributed by atoms with van der Waals surface area (Å²) in [5.74, 6) is 1.89. The maximum Gasteiger partial charge on any atom is 0.233 e. The van der Waals surface area contributed by atoms with Gasteiger partial charge in [-0.25, -0.2) is 0 Å². The minimum Gasteiger partial charge on any atom is -0.495 e. The molecule has 3 heterocycles. The maximum absolute atomic E-state index is 12.8. The van der Waals surface area contributed by atoms with Crippen molar-refractivity contribution in [2.24, 2.45) is 0 Å². The molecule has 0 radical (unpaired) electrons. The van der Waals surface area contributed by atoms with Gasteiger partial charge in [0, 0.05) is 31.0 Å². The van der Waals surface area contributed by atoms with Crippen LogP contribution >= 0.6 is 11.8 Å². The molecule has 0 atom stereocenters. The quantitative estimate of drug-likeness (QED) is 0.561. The molecule has 0 spiro atoms. The highest BCUT2D eigenvalue weighted by Crippen LogP contribution is 2.32. The Kier molecular flexibility index (Phi) is 6.63. The van der Waals surface area contributed by atoms with E-state index >= 15 is 0 Å². The van der Waals surface area contributed by atoms with Crippen LogP contribution in [0.1, 0.15) is 25.7 Å². The number of methoxy groups -OCH3 is 1. The van der Waals surface area contributed by atoms with Crippen LogP contribution in [0.15, 0.2) is 53.9 Å². The monoisotopic (exact) mass is 423 g/mol. The lowest BCUT2D eigenvalue weighted by atomic mass is 10.2. The van der Waals surface area contributed by atoms with Crippen molar-refractivity contribution >= 4 is 17.7 Å². The predicted octanol–water partition coefficient (Wildman–Crippen LogP) is 3.83. The number of thioether (sulfide) groups is 1. The number of carbonyl (C=O) groups excluding carboxylic acids is 1. The summed E-state index contributed by atoms with van der Waals surface area (Å²) in [6.45, 7) is 1.70. The van der Waals surface area contributed by atoms with Crippen LogP contribution in [0.25, 0.3) is 17.1 Å². The molecule has 7 nitrogen and oxygen atoms in total. The zero-order valence-electron chi connectivity index (χ0n) is 17.0. The summed E-state index contributed by atoms with van der Waals surface area (Å²) in [5, 5.41) is 9.50. The Labute approximate surface area is 180 Å². The van der Waals surface area contributed by atoms with Crippen LogP contribution in [0.4, 0.5) is 0 Å². The third-order valence-electron chi connectivity index (χ3n) is 5.18. The number of ether oxygens (including phenoxy) is 1. The molecule has 3 aromatic rings. The fourth-order valence-electron chi connectivity index (χ4n) is 3.62. The van der Waals surface area contributed by atoms with E-state index in [1.165, 1.54) is 24.6 Å². The number of aromatic nitrogens is 4. The van der Waals surface area contributed by atoms with Crippen LogP contribution in [-0.4, -0.2) is 56.5 Å². The lowest BCUT2D eigenvalue weighted by Crippen LogP contribution is -2.33. The van der Waals surface area contributed by atoms with Crippen molar-refractivity contribution < 1.29 is 9.53 Å². The second-order valence-electron chi connectivity index (χ2n) is 7.13. The van der Waals surface area contributed by atoms with E-state index in [2.05, 4.69) is 15.2 Å². The third kappa shape index (κ3) is 4.48. The number of amides is 1. The minimum absolute atomic E-state index is 0.155. The zero-order valence-corrected chi connectivity index (χ0v) is 17.8. The number of likely N-dealkylation sites (tertiary alicyclic amines) is 1. The molecule has 156 valence electrons. The second-order valence-corrected chi connectivity index (χ2v) is 8.08. The maximum atomic E-state index is 12.8. The first kappa shape index (κ1) is 20.4. The van der Waals surface area contributed by atoms with Crippen molar-refractivity contribution in [2.75, 3.05) is 26.0 Å². The van der Waals surface area contributed by atoms with Crippen molar-refractivity contribution in [2.45, 2.75) is 30.8 Å². The molecule has 0 unspecified atom stereocenters. The van der Waals surface area contributed by atoms with Gasteiger partial charge in [-0.3, -0.25) is 14.3 Å². The van der Waals surface area contributed by atoms with Gasteiger partial charge in [-0.1, -0.05) is 36.7 Å². The number of nitrogens with zero attached hydrogens (tertiary/aromatic N) is 5. The van der Waals surface area contributed by atoms with Gasteiger partial charge in [-0.2, -0.15) is 0 Å². The number of benzene rings is 1. The number of rotatable bonds is 6. The van der Waals surface area contributed by atoms with E-state index in [0.717, 1.165) is 37.2 Å². The van der Waals surface area contributed by atoms with Crippen molar-refractivity contribution in [3.8, 4) is 22.8 Å². The number of hydrogen-bond donors (Lipinski definition) is 0. The number of carbonyl (C=O) groups is 1. The van der Waals surface area contributed by atoms with E-state index in [4.69, 9.17) is 4.74 Å². The molecule has 0 saturated carbocycles. The molecule has 0 bridgehead atoms. The van der Waals surface area contributed by atoms with Gasteiger partial charge in [0.1, 0.15) is 5.75 Å². The van der Waals surface area contributed by atoms with Crippen LogP contribution in [0.5, 0.6) is 5.75 Å². The van der Waals surface area contributed by atoms with Gasteiger partial charge in [0.2, 0.25) is 5.91 Å². The Balaban J connectivity index is 1.64. The first-order valence-electron chi connectivity index (χ1n) is 10.2. The minimum atomic E-state index is 0.155. The van der Waals surface area contributed by atoms with Crippen LogP contribution in [-0.2, 0) is 4.79 Å². The molecular weight excluding hydrogens is 398 g/mol. The normalized spacial score (nSPS) is 14.4. The SMILES string of the molecule is COc1ccccc1-n1c(SCC(=O)N2CCCCCC2)nnc1-c1ccncc1. The predicted molar refractivity (Wildman–Crippen MR) is 117 cm³/mol. The van der Waals surface area contributed by atoms with Gasteiger partial charge in [-0.05, 0) is 37.1 Å². The van der Waals surface area contributed by atoms with Crippen molar-refractivity contribution in [1.29, 1.82) is 0 Å². The third-order valence-corrected chi connectivity index (χ3v) is 6.10. The lowest BCUT2D eigenvalue weighted by molar-refractivity contribution is -0.128. The van der Waals surface area contributed by atoms with Gasteiger partial charge in [0.15, 0.2) is 11.0 Å². The Hall–Kier alpha value is -2.87. The molecule has 1 aromatic carbocycles. The molecule has 0 aliphatic carbocycles. The number of hydrogen-bond acceptors (Lipinski definition) is 6. The second kappa shape index (κ2) is 9.75. The first-order chi connectivity index (χ1) is 14.8. The molecule has 1 saturated heterocycles. The van der Waals surface area contributed by atoms with Crippen molar-refractivity contribution in [3.05, 3.63) is 48.8 Å². The van der Waals surface area contributed by atoms with E-state index in [1.54, 1.807) is 19.5 Å². The molecule has 1 aliphatic rings. The highest BCUT2D eigenvalue weighted by Gasteiger charge is 2.21. The molecule has 4 rings (SSSR count). The first-order valence-corrected chi connectivity index (χ1v) is 11.2. The summed E-state index contributed by atoms with van der Waals surface area (Å²) in [5.41, 5.74) is 1.73. The standard InChI is InChI=1S/C22H25N5O2S/c1-29-19-9-5-4-8-18(19)27-21(17-10-12-23-13-11-17)24-25-22(27)30-16-20(28)26-14-6-2-3-7-15-26/h4-5,8-13H,2-3,6-7,14-16H2,1H3. The largest absolute Gasteiger partial charge is 0.495 e. The van der Waals surface area contributed by atoms with Crippen LogP contribution in [0.3, 0.4) is 0 Å². The van der Waals surface area contributed by atoms with Gasteiger partial charge >= 0.3 is 0 Å². The number of pyridine rings is 1. The van der Waals surface area contributed by atoms with E-state index in [9.17, 15) is 4.79 Å². The van der Waals surface area contributed by atoms with E-state index in [-0.39, 0.29) is 5.91 Å². The number of para-hydroxylation sites is 2. The summed E-state index contributed by atoms with van der Waals surface area (Å²) >= 11 is 1.41. The van der Waals surface area contributed by atoms with Crippen LogP contribution in [0, 0.1) is 0 Å². The fourth-order valence-corrected chi connectivity index (χ4v) is 4.47.